The molecule has 0 saturated carbocycles. The zero-order chi connectivity index (χ0) is 10.8. The van der Waals surface area contributed by atoms with E-state index in [0.29, 0.717) is 5.01 Å². The lowest BCUT2D eigenvalue weighted by atomic mass is 10.2. The van der Waals surface area contributed by atoms with Crippen LogP contribution in [-0.2, 0) is 0 Å². The van der Waals surface area contributed by atoms with Gasteiger partial charge < -0.3 is 10.2 Å². The minimum Gasteiger partial charge on any atom is -0.354 e. The van der Waals surface area contributed by atoms with Gasteiger partial charge in [-0.1, -0.05) is 0 Å². The van der Waals surface area contributed by atoms with Crippen LogP contribution in [0.3, 0.4) is 0 Å². The highest BCUT2D eigenvalue weighted by atomic mass is 32.1. The number of thiazole rings is 1. The first-order chi connectivity index (χ1) is 6.40. The average molecular weight is 216 g/mol. The summed E-state index contributed by atoms with van der Waals surface area (Å²) in [5.74, 6) is -2.30. The molecule has 1 atom stereocenters. The van der Waals surface area contributed by atoms with Gasteiger partial charge in [-0.3, -0.25) is 10.1 Å². The van der Waals surface area contributed by atoms with Gasteiger partial charge in [0, 0.05) is 18.5 Å². The van der Waals surface area contributed by atoms with Crippen molar-refractivity contribution < 1.29 is 15.0 Å². The van der Waals surface area contributed by atoms with Crippen LogP contribution in [0.25, 0.3) is 0 Å². The van der Waals surface area contributed by atoms with E-state index in [4.69, 9.17) is 10.2 Å². The number of carbonyl (C=O) groups excluding carboxylic acids is 1. The molecule has 6 heteroatoms. The molecule has 5 nitrogen and oxygen atoms in total. The van der Waals surface area contributed by atoms with Crippen molar-refractivity contribution in [3.63, 3.8) is 0 Å². The van der Waals surface area contributed by atoms with E-state index in [1.54, 1.807) is 12.3 Å². The summed E-state index contributed by atoms with van der Waals surface area (Å²) in [6.45, 7) is 2.70. The highest BCUT2D eigenvalue weighted by molar-refractivity contribution is 7.11. The minimum atomic E-state index is -2.05. The fraction of sp³-hybridized carbons (Fsp3) is 0.500. The highest BCUT2D eigenvalue weighted by Gasteiger charge is 2.24. The van der Waals surface area contributed by atoms with Gasteiger partial charge in [0.15, 0.2) is 5.01 Å². The van der Waals surface area contributed by atoms with Gasteiger partial charge >= 0.3 is 0 Å². The Morgan fingerprint density at radius 1 is 1.71 bits per heavy atom. The van der Waals surface area contributed by atoms with Crippen molar-refractivity contribution >= 4 is 17.1 Å². The second-order valence-corrected chi connectivity index (χ2v) is 3.98. The molecule has 0 aliphatic carbocycles. The van der Waals surface area contributed by atoms with Gasteiger partial charge in [-0.15, -0.1) is 11.3 Å². The van der Waals surface area contributed by atoms with Gasteiger partial charge in [0.25, 0.3) is 0 Å². The number of aliphatic hydroxyl groups is 2. The molecule has 1 heterocycles. The maximum Gasteiger partial charge on any atom is 0.219 e. The fourth-order valence-corrected chi connectivity index (χ4v) is 1.67. The third kappa shape index (κ3) is 3.15. The minimum absolute atomic E-state index is 0.255. The molecule has 0 radical (unpaired) electrons. The molecule has 78 valence electrons. The average Bonchev–Trinajstić information content (AvgIpc) is 2.51. The first kappa shape index (κ1) is 11.3. The Morgan fingerprint density at radius 2 is 2.36 bits per heavy atom. The topological polar surface area (TPSA) is 82.5 Å². The largest absolute Gasteiger partial charge is 0.354 e. The maximum absolute atomic E-state index is 11.5. The predicted octanol–water partition coefficient (Wildman–Crippen LogP) is -0.0378. The number of ketones is 1. The Bertz CT molecular complexity index is 305. The molecule has 14 heavy (non-hydrogen) atoms. The molecule has 3 N–H and O–H groups in total. The van der Waals surface area contributed by atoms with Crippen LogP contribution in [0.4, 0.5) is 0 Å². The first-order valence-corrected chi connectivity index (χ1v) is 4.94. The summed E-state index contributed by atoms with van der Waals surface area (Å²) in [4.78, 5) is 15.4. The van der Waals surface area contributed by atoms with Gasteiger partial charge in [0.05, 0.1) is 6.04 Å². The molecule has 0 bridgehead atoms. The van der Waals surface area contributed by atoms with Gasteiger partial charge in [0.2, 0.25) is 11.7 Å². The third-order valence-electron chi connectivity index (χ3n) is 1.53. The SMILES string of the molecule is CC(NC(C)(O)O)C(=O)c1nccs1. The second-order valence-electron chi connectivity index (χ2n) is 3.09. The zero-order valence-corrected chi connectivity index (χ0v) is 8.71. The van der Waals surface area contributed by atoms with Crippen molar-refractivity contribution in [1.82, 2.24) is 10.3 Å². The second kappa shape index (κ2) is 4.14. The van der Waals surface area contributed by atoms with Crippen LogP contribution in [0, 0.1) is 0 Å². The van der Waals surface area contributed by atoms with Crippen LogP contribution in [0.15, 0.2) is 11.6 Å². The van der Waals surface area contributed by atoms with E-state index < -0.39 is 12.0 Å². The summed E-state index contributed by atoms with van der Waals surface area (Å²) in [6, 6.07) is -0.679. The van der Waals surface area contributed by atoms with E-state index in [1.165, 1.54) is 17.5 Å². The molecule has 1 unspecified atom stereocenters. The summed E-state index contributed by atoms with van der Waals surface area (Å²) < 4.78 is 0. The van der Waals surface area contributed by atoms with Crippen LogP contribution < -0.4 is 5.32 Å². The van der Waals surface area contributed by atoms with Gasteiger partial charge in [-0.25, -0.2) is 4.98 Å². The van der Waals surface area contributed by atoms with Crippen LogP contribution in [-0.4, -0.2) is 32.9 Å². The van der Waals surface area contributed by atoms with Gasteiger partial charge in [0.1, 0.15) is 0 Å². The van der Waals surface area contributed by atoms with Crippen molar-refractivity contribution in [2.24, 2.45) is 0 Å². The van der Waals surface area contributed by atoms with Crippen LogP contribution in [0.1, 0.15) is 23.6 Å². The van der Waals surface area contributed by atoms with Gasteiger partial charge in [-0.2, -0.15) is 0 Å². The van der Waals surface area contributed by atoms with Crippen molar-refractivity contribution in [3.8, 4) is 0 Å². The van der Waals surface area contributed by atoms with E-state index in [0.717, 1.165) is 6.92 Å². The van der Waals surface area contributed by atoms with E-state index >= 15 is 0 Å². The molecular formula is C8H12N2O3S. The fourth-order valence-electron chi connectivity index (χ4n) is 1.01. The lowest BCUT2D eigenvalue weighted by molar-refractivity contribution is -0.172. The number of Topliss-reactive ketones (excluding diaryl/α,β-unsaturated/α-hetero) is 1. The predicted molar refractivity (Wildman–Crippen MR) is 51.9 cm³/mol. The number of carbonyl (C=O) groups is 1. The van der Waals surface area contributed by atoms with Crippen LogP contribution in [0.2, 0.25) is 0 Å². The lowest BCUT2D eigenvalue weighted by Gasteiger charge is -2.21. The number of nitrogens with zero attached hydrogens (tertiary/aromatic N) is 1. The van der Waals surface area contributed by atoms with Crippen molar-refractivity contribution in [1.29, 1.82) is 0 Å². The van der Waals surface area contributed by atoms with Crippen molar-refractivity contribution in [3.05, 3.63) is 16.6 Å². The lowest BCUT2D eigenvalue weighted by Crippen LogP contribution is -2.49. The molecule has 0 aliphatic rings. The number of hydrogen-bond acceptors (Lipinski definition) is 6. The molecule has 1 rings (SSSR count). The monoisotopic (exact) mass is 216 g/mol. The van der Waals surface area contributed by atoms with Crippen molar-refractivity contribution in [2.75, 3.05) is 0 Å². The zero-order valence-electron chi connectivity index (χ0n) is 7.89. The highest BCUT2D eigenvalue weighted by Crippen LogP contribution is 2.08. The normalized spacial score (nSPS) is 14.0. The molecule has 0 amide bonds. The number of rotatable bonds is 4. The number of hydrogen-bond donors (Lipinski definition) is 3. The maximum atomic E-state index is 11.5. The molecule has 0 saturated heterocycles. The van der Waals surface area contributed by atoms with E-state index in [-0.39, 0.29) is 5.78 Å². The van der Waals surface area contributed by atoms with Crippen LogP contribution in [0.5, 0.6) is 0 Å². The molecule has 1 aromatic rings. The third-order valence-corrected chi connectivity index (χ3v) is 2.31. The molecular weight excluding hydrogens is 204 g/mol. The number of nitrogens with one attached hydrogen (secondary N) is 1. The van der Waals surface area contributed by atoms with Crippen molar-refractivity contribution in [2.45, 2.75) is 25.8 Å². The smallest absolute Gasteiger partial charge is 0.219 e. The summed E-state index contributed by atoms with van der Waals surface area (Å²) in [6.07, 6.45) is 1.53. The summed E-state index contributed by atoms with van der Waals surface area (Å²) >= 11 is 1.22. The van der Waals surface area contributed by atoms with E-state index in [2.05, 4.69) is 10.3 Å². The summed E-state index contributed by atoms with van der Waals surface area (Å²) in [5, 5.41) is 22.4. The first-order valence-electron chi connectivity index (χ1n) is 4.06. The number of aromatic nitrogens is 1. The van der Waals surface area contributed by atoms with E-state index in [1.807, 2.05) is 0 Å². The Balaban J connectivity index is 2.63. The summed E-state index contributed by atoms with van der Waals surface area (Å²) in [7, 11) is 0. The molecule has 1 aromatic heterocycles. The van der Waals surface area contributed by atoms with Gasteiger partial charge in [-0.05, 0) is 6.92 Å². The summed E-state index contributed by atoms with van der Waals surface area (Å²) in [5.41, 5.74) is 0. The molecule has 0 fully saturated rings. The quantitative estimate of drug-likeness (QED) is 0.486. The Kier molecular flexibility index (Phi) is 3.33. The van der Waals surface area contributed by atoms with Crippen LogP contribution >= 0.6 is 11.3 Å². The van der Waals surface area contributed by atoms with E-state index in [9.17, 15) is 4.79 Å². The Labute approximate surface area is 85.4 Å². The molecule has 0 spiro atoms. The molecule has 0 aromatic carbocycles. The Hall–Kier alpha value is -0.820. The standard InChI is InChI=1S/C8H12N2O3S/c1-5(10-8(2,12)13)6(11)7-9-3-4-14-7/h3-5,10,12-13H,1-2H3. The molecule has 0 aliphatic heterocycles. The Morgan fingerprint density at radius 3 is 2.79 bits per heavy atom.